The van der Waals surface area contributed by atoms with Gasteiger partial charge in [-0.2, -0.15) is 5.10 Å². The Kier molecular flexibility index (Phi) is 8.33. The van der Waals surface area contributed by atoms with Gasteiger partial charge in [0.2, 0.25) is 0 Å². The van der Waals surface area contributed by atoms with E-state index in [9.17, 15) is 9.18 Å². The van der Waals surface area contributed by atoms with Crippen molar-refractivity contribution in [1.29, 1.82) is 0 Å². The highest BCUT2D eigenvalue weighted by Gasteiger charge is 2.19. The van der Waals surface area contributed by atoms with Crippen molar-refractivity contribution in [1.82, 2.24) is 14.9 Å². The molecule has 1 saturated heterocycles. The van der Waals surface area contributed by atoms with E-state index >= 15 is 0 Å². The van der Waals surface area contributed by atoms with Crippen molar-refractivity contribution in [2.45, 2.75) is 39.7 Å². The zero-order chi connectivity index (χ0) is 27.2. The topological polar surface area (TPSA) is 49.6 Å². The predicted octanol–water partition coefficient (Wildman–Crippen LogP) is 6.45. The number of amides is 1. The standard InChI is InChI=1S/C33H35FN4O/c1-24-20-30(25(2)38(24)32-11-7-6-10-31(32)34)22-35-36-33(39)29-14-12-28(13-15-29)23-37-18-16-27(17-19-37)21-26-8-4-3-5-9-26/h3-15,20,22,27H,16-19,21,23H2,1-2H3,(H,36,39)/b35-22+. The van der Waals surface area contributed by atoms with Crippen LogP contribution in [0.25, 0.3) is 5.69 Å². The molecule has 39 heavy (non-hydrogen) atoms. The molecule has 0 saturated carbocycles. The second-order valence-electron chi connectivity index (χ2n) is 10.4. The summed E-state index contributed by atoms with van der Waals surface area (Å²) in [4.78, 5) is 15.2. The third-order valence-electron chi connectivity index (χ3n) is 7.63. The summed E-state index contributed by atoms with van der Waals surface area (Å²) in [6, 6.07) is 27.1. The first-order chi connectivity index (χ1) is 19.0. The first kappa shape index (κ1) is 26.6. The van der Waals surface area contributed by atoms with Crippen molar-refractivity contribution in [2.75, 3.05) is 13.1 Å². The third-order valence-corrected chi connectivity index (χ3v) is 7.63. The summed E-state index contributed by atoms with van der Waals surface area (Å²) < 4.78 is 16.2. The highest BCUT2D eigenvalue weighted by atomic mass is 19.1. The molecule has 0 spiro atoms. The fraction of sp³-hybridized carbons (Fsp3) is 0.273. The number of hydrogen-bond acceptors (Lipinski definition) is 3. The Morgan fingerprint density at radius 2 is 1.64 bits per heavy atom. The van der Waals surface area contributed by atoms with Gasteiger partial charge in [-0.05, 0) is 93.6 Å². The molecule has 1 aliphatic rings. The van der Waals surface area contributed by atoms with Gasteiger partial charge < -0.3 is 4.57 Å². The molecule has 0 radical (unpaired) electrons. The number of nitrogens with zero attached hydrogens (tertiary/aromatic N) is 3. The van der Waals surface area contributed by atoms with Crippen LogP contribution in [-0.4, -0.2) is 34.7 Å². The summed E-state index contributed by atoms with van der Waals surface area (Å²) in [7, 11) is 0. The van der Waals surface area contributed by atoms with Gasteiger partial charge in [0.05, 0.1) is 11.9 Å². The lowest BCUT2D eigenvalue weighted by Gasteiger charge is -2.32. The van der Waals surface area contributed by atoms with Gasteiger partial charge in [0, 0.05) is 29.1 Å². The quantitative estimate of drug-likeness (QED) is 0.214. The maximum Gasteiger partial charge on any atom is 0.271 e. The van der Waals surface area contributed by atoms with Crippen molar-refractivity contribution in [3.63, 3.8) is 0 Å². The van der Waals surface area contributed by atoms with E-state index in [1.165, 1.54) is 30.0 Å². The molecule has 5 nitrogen and oxygen atoms in total. The van der Waals surface area contributed by atoms with Gasteiger partial charge in [-0.1, -0.05) is 54.6 Å². The predicted molar refractivity (Wildman–Crippen MR) is 155 cm³/mol. The van der Waals surface area contributed by atoms with E-state index in [2.05, 4.69) is 45.8 Å². The van der Waals surface area contributed by atoms with Crippen LogP contribution >= 0.6 is 0 Å². The molecule has 1 N–H and O–H groups in total. The van der Waals surface area contributed by atoms with Gasteiger partial charge >= 0.3 is 0 Å². The lowest BCUT2D eigenvalue weighted by molar-refractivity contribution is 0.0955. The van der Waals surface area contributed by atoms with Crippen molar-refractivity contribution in [3.8, 4) is 5.69 Å². The minimum Gasteiger partial charge on any atom is -0.315 e. The van der Waals surface area contributed by atoms with Gasteiger partial charge in [0.1, 0.15) is 5.82 Å². The summed E-state index contributed by atoms with van der Waals surface area (Å²) >= 11 is 0. The number of aryl methyl sites for hydroxylation is 1. The molecular formula is C33H35FN4O. The van der Waals surface area contributed by atoms with Gasteiger partial charge in [0.15, 0.2) is 0 Å². The van der Waals surface area contributed by atoms with Crippen LogP contribution in [0.1, 0.15) is 51.3 Å². The number of halogens is 1. The van der Waals surface area contributed by atoms with E-state index in [0.29, 0.717) is 11.3 Å². The molecule has 0 bridgehead atoms. The molecule has 1 aliphatic heterocycles. The lowest BCUT2D eigenvalue weighted by Crippen LogP contribution is -2.33. The molecule has 4 aromatic rings. The second kappa shape index (κ2) is 12.2. The Bertz CT molecular complexity index is 1430. The molecule has 1 fully saturated rings. The molecule has 200 valence electrons. The highest BCUT2D eigenvalue weighted by Crippen LogP contribution is 2.24. The monoisotopic (exact) mass is 522 g/mol. The highest BCUT2D eigenvalue weighted by molar-refractivity contribution is 5.95. The maximum atomic E-state index is 14.3. The normalized spacial score (nSPS) is 14.6. The molecule has 2 heterocycles. The second-order valence-corrected chi connectivity index (χ2v) is 10.4. The van der Waals surface area contributed by atoms with E-state index in [-0.39, 0.29) is 11.7 Å². The Morgan fingerprint density at radius 1 is 0.949 bits per heavy atom. The molecule has 6 heteroatoms. The molecule has 0 aliphatic carbocycles. The van der Waals surface area contributed by atoms with Crippen LogP contribution in [0, 0.1) is 25.6 Å². The summed E-state index contributed by atoms with van der Waals surface area (Å²) in [6.07, 6.45) is 5.21. The summed E-state index contributed by atoms with van der Waals surface area (Å²) in [5.74, 6) is 0.204. The van der Waals surface area contributed by atoms with Gasteiger partial charge in [-0.25, -0.2) is 9.82 Å². The summed E-state index contributed by atoms with van der Waals surface area (Å²) in [5.41, 5.74) is 8.87. The molecule has 5 rings (SSSR count). The van der Waals surface area contributed by atoms with Crippen molar-refractivity contribution in [2.24, 2.45) is 11.0 Å². The summed E-state index contributed by atoms with van der Waals surface area (Å²) in [5, 5.41) is 4.16. The van der Waals surface area contributed by atoms with E-state index in [1.807, 2.05) is 54.8 Å². The zero-order valence-electron chi connectivity index (χ0n) is 22.6. The molecule has 1 aromatic heterocycles. The number of aromatic nitrogens is 1. The molecule has 3 aromatic carbocycles. The number of likely N-dealkylation sites (tertiary alicyclic amines) is 1. The van der Waals surface area contributed by atoms with Crippen LogP contribution in [-0.2, 0) is 13.0 Å². The van der Waals surface area contributed by atoms with Gasteiger partial charge in [0.25, 0.3) is 5.91 Å². The van der Waals surface area contributed by atoms with Crippen molar-refractivity contribution in [3.05, 3.63) is 124 Å². The number of hydrazone groups is 1. The number of piperidine rings is 1. The van der Waals surface area contributed by atoms with Crippen LogP contribution in [0.15, 0.2) is 90.0 Å². The number of rotatable bonds is 8. The number of para-hydroxylation sites is 1. The van der Waals surface area contributed by atoms with Crippen LogP contribution < -0.4 is 5.43 Å². The van der Waals surface area contributed by atoms with E-state index in [1.54, 1.807) is 18.3 Å². The lowest BCUT2D eigenvalue weighted by atomic mass is 9.90. The third kappa shape index (κ3) is 6.52. The molecule has 0 atom stereocenters. The smallest absolute Gasteiger partial charge is 0.271 e. The number of benzene rings is 3. The molecule has 0 unspecified atom stereocenters. The average molecular weight is 523 g/mol. The van der Waals surface area contributed by atoms with Crippen LogP contribution in [0.3, 0.4) is 0 Å². The molecular weight excluding hydrogens is 487 g/mol. The number of hydrogen-bond donors (Lipinski definition) is 1. The number of carbonyl (C=O) groups excluding carboxylic acids is 1. The van der Waals surface area contributed by atoms with Gasteiger partial charge in [-0.15, -0.1) is 0 Å². The first-order valence-corrected chi connectivity index (χ1v) is 13.6. The van der Waals surface area contributed by atoms with Crippen molar-refractivity contribution < 1.29 is 9.18 Å². The van der Waals surface area contributed by atoms with Crippen LogP contribution in [0.2, 0.25) is 0 Å². The van der Waals surface area contributed by atoms with E-state index in [0.717, 1.165) is 48.9 Å². The Balaban J connectivity index is 1.12. The van der Waals surface area contributed by atoms with Crippen LogP contribution in [0.5, 0.6) is 0 Å². The Labute approximate surface area is 230 Å². The summed E-state index contributed by atoms with van der Waals surface area (Å²) in [6.45, 7) is 6.94. The van der Waals surface area contributed by atoms with Gasteiger partial charge in [-0.3, -0.25) is 9.69 Å². The van der Waals surface area contributed by atoms with Crippen molar-refractivity contribution >= 4 is 12.1 Å². The SMILES string of the molecule is Cc1cc(/C=N/NC(=O)c2ccc(CN3CCC(Cc4ccccc4)CC3)cc2)c(C)n1-c1ccccc1F. The fourth-order valence-corrected chi connectivity index (χ4v) is 5.46. The fourth-order valence-electron chi connectivity index (χ4n) is 5.46. The number of carbonyl (C=O) groups is 1. The van der Waals surface area contributed by atoms with E-state index in [4.69, 9.17) is 0 Å². The minimum absolute atomic E-state index is 0.262. The van der Waals surface area contributed by atoms with Crippen LogP contribution in [0.4, 0.5) is 4.39 Å². The average Bonchev–Trinajstić information content (AvgIpc) is 3.23. The Morgan fingerprint density at radius 3 is 2.36 bits per heavy atom. The molecule has 1 amide bonds. The number of nitrogens with one attached hydrogen (secondary N) is 1. The minimum atomic E-state index is -0.285. The first-order valence-electron chi connectivity index (χ1n) is 13.6. The zero-order valence-corrected chi connectivity index (χ0v) is 22.6. The Hall–Kier alpha value is -4.03. The van der Waals surface area contributed by atoms with E-state index < -0.39 is 0 Å². The maximum absolute atomic E-state index is 14.3. The largest absolute Gasteiger partial charge is 0.315 e.